The number of nitrogens with zero attached hydrogens (tertiary/aromatic N) is 3. The lowest BCUT2D eigenvalue weighted by Gasteiger charge is -2.15. The van der Waals surface area contributed by atoms with Crippen LogP contribution in [0.5, 0.6) is 5.75 Å². The second-order valence-corrected chi connectivity index (χ2v) is 9.10. The summed E-state index contributed by atoms with van der Waals surface area (Å²) in [7, 11) is 0. The van der Waals surface area contributed by atoms with Crippen molar-refractivity contribution in [2.45, 2.75) is 25.1 Å². The zero-order valence-corrected chi connectivity index (χ0v) is 19.4. The zero-order chi connectivity index (χ0) is 26.0. The fourth-order valence-electron chi connectivity index (χ4n) is 3.49. The van der Waals surface area contributed by atoms with Gasteiger partial charge in [-0.3, -0.25) is 9.59 Å². The van der Waals surface area contributed by atoms with Crippen LogP contribution in [0.15, 0.2) is 76.4 Å². The minimum Gasteiger partial charge on any atom is -0.406 e. The lowest BCUT2D eigenvalue weighted by atomic mass is 10.2. The third kappa shape index (κ3) is 5.47. The topological polar surface area (TPSA) is 115 Å². The maximum atomic E-state index is 13.1. The number of nitrogens with one attached hydrogen (secondary N) is 1. The highest BCUT2D eigenvalue weighted by Crippen LogP contribution is 2.25. The molecule has 13 heteroatoms. The highest BCUT2D eigenvalue weighted by molar-refractivity contribution is 7.79. The second-order valence-electron chi connectivity index (χ2n) is 7.74. The number of hydrogen-bond acceptors (Lipinski definition) is 6. The normalized spacial score (nSPS) is 13.4. The predicted molar refractivity (Wildman–Crippen MR) is 128 cm³/mol. The lowest BCUT2D eigenvalue weighted by Crippen LogP contribution is -2.28. The molecule has 2 atom stereocenters. The molecule has 0 radical (unpaired) electrons. The minimum absolute atomic E-state index is 0.00250. The van der Waals surface area contributed by atoms with Crippen LogP contribution in [0.2, 0.25) is 0 Å². The number of alkyl halides is 3. The van der Waals surface area contributed by atoms with E-state index in [9.17, 15) is 31.5 Å². The van der Waals surface area contributed by atoms with Crippen LogP contribution in [0, 0.1) is 0 Å². The van der Waals surface area contributed by atoms with Crippen molar-refractivity contribution in [2.75, 3.05) is 5.32 Å². The highest BCUT2D eigenvalue weighted by atomic mass is 32.2. The second kappa shape index (κ2) is 9.95. The number of ether oxygens (including phenoxy) is 1. The van der Waals surface area contributed by atoms with Crippen molar-refractivity contribution in [1.82, 2.24) is 14.3 Å². The van der Waals surface area contributed by atoms with E-state index in [1.54, 1.807) is 30.3 Å². The number of hydrogen-bond donors (Lipinski definition) is 2. The van der Waals surface area contributed by atoms with Crippen molar-refractivity contribution in [3.63, 3.8) is 0 Å². The Morgan fingerprint density at radius 2 is 1.69 bits per heavy atom. The van der Waals surface area contributed by atoms with E-state index in [1.165, 1.54) is 35.9 Å². The third-order valence-corrected chi connectivity index (χ3v) is 6.03. The van der Waals surface area contributed by atoms with Gasteiger partial charge in [0.15, 0.2) is 16.9 Å². The van der Waals surface area contributed by atoms with Gasteiger partial charge in [-0.15, -0.1) is 18.3 Å². The van der Waals surface area contributed by atoms with Gasteiger partial charge in [-0.1, -0.05) is 18.2 Å². The van der Waals surface area contributed by atoms with Crippen LogP contribution >= 0.6 is 0 Å². The number of fused-ring (bicyclic) bond motifs is 1. The van der Waals surface area contributed by atoms with E-state index >= 15 is 0 Å². The summed E-state index contributed by atoms with van der Waals surface area (Å²) in [6, 6.07) is 14.2. The van der Waals surface area contributed by atoms with Crippen LogP contribution in [0.25, 0.3) is 16.5 Å². The van der Waals surface area contributed by atoms with Crippen molar-refractivity contribution in [1.29, 1.82) is 0 Å². The van der Waals surface area contributed by atoms with E-state index in [2.05, 4.69) is 15.2 Å². The summed E-state index contributed by atoms with van der Waals surface area (Å²) in [6.45, 7) is 1.52. The summed E-state index contributed by atoms with van der Waals surface area (Å²) < 4.78 is 64.2. The van der Waals surface area contributed by atoms with Gasteiger partial charge in [-0.25, -0.2) is 4.21 Å². The predicted octanol–water partition coefficient (Wildman–Crippen LogP) is 3.80. The molecule has 0 fully saturated rings. The van der Waals surface area contributed by atoms with Crippen molar-refractivity contribution >= 4 is 33.4 Å². The standard InChI is InChI=1S/C23H19F3N4O5S/c1-14(36(33)34)13-29-12-4-7-19(22(29)32)27-20-17-5-2-3-6-18(17)21(31)30(28-20)15-8-10-16(11-9-15)35-23(24,25)26/h2-12,14H,13H2,1H3,(H,27,28)(H,33,34). The molecule has 0 saturated carbocycles. The minimum atomic E-state index is -4.86. The first-order valence-corrected chi connectivity index (χ1v) is 11.6. The summed E-state index contributed by atoms with van der Waals surface area (Å²) >= 11 is -2.12. The van der Waals surface area contributed by atoms with E-state index in [-0.39, 0.29) is 29.1 Å². The van der Waals surface area contributed by atoms with Gasteiger partial charge >= 0.3 is 6.36 Å². The monoisotopic (exact) mass is 520 g/mol. The SMILES string of the molecule is CC(Cn1cccc(Nc2nn(-c3ccc(OC(F)(F)F)cc3)c(=O)c3ccccc23)c1=O)S(=O)O. The average molecular weight is 520 g/mol. The summed E-state index contributed by atoms with van der Waals surface area (Å²) in [5.41, 5.74) is -0.726. The summed E-state index contributed by atoms with van der Waals surface area (Å²) in [5, 5.41) is 7.22. The van der Waals surface area contributed by atoms with Crippen LogP contribution < -0.4 is 21.2 Å². The number of rotatable bonds is 7. The molecule has 0 spiro atoms. The Bertz CT molecular complexity index is 1550. The molecule has 0 aliphatic heterocycles. The summed E-state index contributed by atoms with van der Waals surface area (Å²) in [4.78, 5) is 26.1. The zero-order valence-electron chi connectivity index (χ0n) is 18.6. The van der Waals surface area contributed by atoms with E-state index in [1.807, 2.05) is 0 Å². The van der Waals surface area contributed by atoms with Crippen LogP contribution in [-0.4, -0.2) is 34.7 Å². The number of anilines is 2. The van der Waals surface area contributed by atoms with E-state index in [4.69, 9.17) is 0 Å². The van der Waals surface area contributed by atoms with Crippen molar-refractivity contribution < 1.29 is 26.7 Å². The Labute approximate surface area is 204 Å². The van der Waals surface area contributed by atoms with Crippen molar-refractivity contribution in [3.05, 3.63) is 87.6 Å². The molecule has 188 valence electrons. The highest BCUT2D eigenvalue weighted by Gasteiger charge is 2.31. The molecule has 0 aliphatic carbocycles. The van der Waals surface area contributed by atoms with Crippen molar-refractivity contribution in [3.8, 4) is 11.4 Å². The van der Waals surface area contributed by atoms with Crippen LogP contribution in [0.3, 0.4) is 0 Å². The molecule has 0 saturated heterocycles. The number of benzene rings is 2. The van der Waals surface area contributed by atoms with Crippen LogP contribution in [-0.2, 0) is 17.6 Å². The molecule has 4 rings (SSSR count). The molecule has 2 unspecified atom stereocenters. The molecular formula is C23H19F3N4O5S. The molecule has 4 aromatic rings. The molecule has 2 heterocycles. The first kappa shape index (κ1) is 25.1. The first-order chi connectivity index (χ1) is 17.0. The number of aromatic nitrogens is 3. The molecule has 36 heavy (non-hydrogen) atoms. The van der Waals surface area contributed by atoms with Crippen molar-refractivity contribution in [2.24, 2.45) is 0 Å². The van der Waals surface area contributed by atoms with Gasteiger partial charge in [0, 0.05) is 18.1 Å². The van der Waals surface area contributed by atoms with Gasteiger partial charge in [0.05, 0.1) is 16.3 Å². The molecule has 9 nitrogen and oxygen atoms in total. The average Bonchev–Trinajstić information content (AvgIpc) is 2.83. The maximum absolute atomic E-state index is 13.1. The quantitative estimate of drug-likeness (QED) is 0.356. The molecule has 0 bridgehead atoms. The molecule has 2 N–H and O–H groups in total. The lowest BCUT2D eigenvalue weighted by molar-refractivity contribution is -0.274. The molecule has 0 aliphatic rings. The fourth-order valence-corrected chi connectivity index (χ4v) is 3.78. The maximum Gasteiger partial charge on any atom is 0.573 e. The van der Waals surface area contributed by atoms with E-state index in [0.29, 0.717) is 5.39 Å². The largest absolute Gasteiger partial charge is 0.573 e. The van der Waals surface area contributed by atoms with Crippen LogP contribution in [0.1, 0.15) is 6.92 Å². The number of halogens is 3. The van der Waals surface area contributed by atoms with Gasteiger partial charge < -0.3 is 19.2 Å². The first-order valence-electron chi connectivity index (χ1n) is 10.5. The van der Waals surface area contributed by atoms with Gasteiger partial charge in [0.1, 0.15) is 11.4 Å². The van der Waals surface area contributed by atoms with Gasteiger partial charge in [0.2, 0.25) is 0 Å². The summed E-state index contributed by atoms with van der Waals surface area (Å²) in [6.07, 6.45) is -3.38. The third-order valence-electron chi connectivity index (χ3n) is 5.19. The number of pyridine rings is 1. The van der Waals surface area contributed by atoms with E-state index in [0.717, 1.165) is 16.8 Å². The molecule has 0 amide bonds. The molecule has 2 aromatic heterocycles. The Morgan fingerprint density at radius 1 is 1.03 bits per heavy atom. The smallest absolute Gasteiger partial charge is 0.406 e. The molecular weight excluding hydrogens is 501 g/mol. The van der Waals surface area contributed by atoms with Gasteiger partial charge in [0.25, 0.3) is 11.1 Å². The van der Waals surface area contributed by atoms with E-state index < -0.39 is 39.6 Å². The van der Waals surface area contributed by atoms with Gasteiger partial charge in [-0.2, -0.15) is 4.68 Å². The molecule has 2 aromatic carbocycles. The van der Waals surface area contributed by atoms with Gasteiger partial charge in [-0.05, 0) is 49.4 Å². The Hall–Kier alpha value is -3.97. The Kier molecular flexibility index (Phi) is 6.95. The Morgan fingerprint density at radius 3 is 2.33 bits per heavy atom. The van der Waals surface area contributed by atoms with Crippen LogP contribution in [0.4, 0.5) is 24.7 Å². The summed E-state index contributed by atoms with van der Waals surface area (Å²) in [5.74, 6) is -0.309. The Balaban J connectivity index is 1.77. The fraction of sp³-hybridized carbons (Fsp3) is 0.174.